The lowest BCUT2D eigenvalue weighted by Crippen LogP contribution is -2.13. The molecule has 4 heteroatoms. The Kier molecular flexibility index (Phi) is 3.35. The Bertz CT molecular complexity index is 552. The van der Waals surface area contributed by atoms with Crippen LogP contribution in [0.3, 0.4) is 0 Å². The number of nitrogens with one attached hydrogen (secondary N) is 1. The fourth-order valence-electron chi connectivity index (χ4n) is 1.58. The largest absolute Gasteiger partial charge is 0.388 e. The third kappa shape index (κ3) is 2.79. The lowest BCUT2D eigenvalue weighted by atomic mass is 10.2. The van der Waals surface area contributed by atoms with Crippen LogP contribution < -0.4 is 11.1 Å². The average Bonchev–Trinajstić information content (AvgIpc) is 2.29. The number of benzene rings is 1. The number of aryl methyl sites for hydroxylation is 1. The predicted octanol–water partition coefficient (Wildman–Crippen LogP) is 2.77. The normalized spacial score (nSPS) is 9.94. The molecule has 0 saturated heterocycles. The molecule has 2 rings (SSSR count). The summed E-state index contributed by atoms with van der Waals surface area (Å²) in [5.41, 5.74) is 9.25. The number of pyridine rings is 1. The second kappa shape index (κ2) is 4.93. The molecule has 0 fully saturated rings. The van der Waals surface area contributed by atoms with Crippen molar-refractivity contribution in [2.24, 2.45) is 5.73 Å². The van der Waals surface area contributed by atoms with Gasteiger partial charge in [-0.2, -0.15) is 0 Å². The maximum absolute atomic E-state index is 5.63. The molecule has 0 aliphatic carbocycles. The van der Waals surface area contributed by atoms with Crippen molar-refractivity contribution in [3.8, 4) is 0 Å². The zero-order chi connectivity index (χ0) is 12.3. The van der Waals surface area contributed by atoms with E-state index in [0.717, 1.165) is 11.4 Å². The molecule has 0 spiro atoms. The van der Waals surface area contributed by atoms with Gasteiger partial charge >= 0.3 is 0 Å². The highest BCUT2D eigenvalue weighted by atomic mass is 32.1. The highest BCUT2D eigenvalue weighted by molar-refractivity contribution is 7.80. The zero-order valence-corrected chi connectivity index (χ0v) is 10.3. The number of rotatable bonds is 3. The maximum Gasteiger partial charge on any atom is 0.124 e. The van der Waals surface area contributed by atoms with E-state index in [1.54, 1.807) is 6.20 Å². The Balaban J connectivity index is 2.33. The van der Waals surface area contributed by atoms with Crippen molar-refractivity contribution >= 4 is 28.6 Å². The molecule has 86 valence electrons. The van der Waals surface area contributed by atoms with Gasteiger partial charge in [0.1, 0.15) is 10.7 Å². The second-order valence-electron chi connectivity index (χ2n) is 3.76. The van der Waals surface area contributed by atoms with E-state index in [1.807, 2.05) is 37.3 Å². The van der Waals surface area contributed by atoms with Crippen LogP contribution in [0.15, 0.2) is 42.6 Å². The predicted molar refractivity (Wildman–Crippen MR) is 74.6 cm³/mol. The Morgan fingerprint density at radius 3 is 2.82 bits per heavy atom. The lowest BCUT2D eigenvalue weighted by Gasteiger charge is -2.10. The SMILES string of the molecule is Cc1cccc(Nc2cccnc2C(N)=S)c1. The Labute approximate surface area is 106 Å². The topological polar surface area (TPSA) is 50.9 Å². The number of nitrogens with two attached hydrogens (primary N) is 1. The first kappa shape index (κ1) is 11.5. The molecule has 0 aliphatic rings. The van der Waals surface area contributed by atoms with Crippen LogP contribution in [0.1, 0.15) is 11.3 Å². The number of anilines is 2. The van der Waals surface area contributed by atoms with Crippen molar-refractivity contribution in [2.75, 3.05) is 5.32 Å². The first-order chi connectivity index (χ1) is 8.16. The van der Waals surface area contributed by atoms with Gasteiger partial charge in [-0.15, -0.1) is 0 Å². The van der Waals surface area contributed by atoms with Crippen LogP contribution in [0.5, 0.6) is 0 Å². The third-order valence-electron chi connectivity index (χ3n) is 2.34. The molecule has 1 aromatic heterocycles. The minimum absolute atomic E-state index is 0.292. The summed E-state index contributed by atoms with van der Waals surface area (Å²) in [5.74, 6) is 0. The monoisotopic (exact) mass is 243 g/mol. The first-order valence-corrected chi connectivity index (χ1v) is 5.66. The summed E-state index contributed by atoms with van der Waals surface area (Å²) in [6.07, 6.45) is 1.68. The maximum atomic E-state index is 5.63. The van der Waals surface area contributed by atoms with Crippen molar-refractivity contribution in [3.63, 3.8) is 0 Å². The van der Waals surface area contributed by atoms with Crippen LogP contribution in [0.4, 0.5) is 11.4 Å². The van der Waals surface area contributed by atoms with Crippen LogP contribution >= 0.6 is 12.2 Å². The van der Waals surface area contributed by atoms with Crippen LogP contribution in [0, 0.1) is 6.92 Å². The average molecular weight is 243 g/mol. The number of aromatic nitrogens is 1. The fourth-order valence-corrected chi connectivity index (χ4v) is 1.74. The van der Waals surface area contributed by atoms with Crippen molar-refractivity contribution in [1.29, 1.82) is 0 Å². The summed E-state index contributed by atoms with van der Waals surface area (Å²) >= 11 is 4.97. The molecular weight excluding hydrogens is 230 g/mol. The van der Waals surface area contributed by atoms with Gasteiger partial charge in [0.25, 0.3) is 0 Å². The Morgan fingerprint density at radius 1 is 1.29 bits per heavy atom. The molecule has 0 aliphatic heterocycles. The van der Waals surface area contributed by atoms with Crippen molar-refractivity contribution in [1.82, 2.24) is 4.98 Å². The summed E-state index contributed by atoms with van der Waals surface area (Å²) in [7, 11) is 0. The molecule has 3 N–H and O–H groups in total. The minimum Gasteiger partial charge on any atom is -0.388 e. The van der Waals surface area contributed by atoms with Gasteiger partial charge in [0.2, 0.25) is 0 Å². The lowest BCUT2D eigenvalue weighted by molar-refractivity contribution is 1.28. The van der Waals surface area contributed by atoms with Crippen LogP contribution in [0.2, 0.25) is 0 Å². The smallest absolute Gasteiger partial charge is 0.124 e. The highest BCUT2D eigenvalue weighted by Crippen LogP contribution is 2.19. The van der Waals surface area contributed by atoms with E-state index in [4.69, 9.17) is 18.0 Å². The van der Waals surface area contributed by atoms with E-state index < -0.39 is 0 Å². The van der Waals surface area contributed by atoms with Gasteiger partial charge in [-0.25, -0.2) is 0 Å². The number of hydrogen-bond donors (Lipinski definition) is 2. The Hall–Kier alpha value is -1.94. The number of thiocarbonyl (C=S) groups is 1. The third-order valence-corrected chi connectivity index (χ3v) is 2.53. The van der Waals surface area contributed by atoms with Crippen molar-refractivity contribution < 1.29 is 0 Å². The van der Waals surface area contributed by atoms with Gasteiger partial charge in [0.05, 0.1) is 5.69 Å². The molecule has 2 aromatic rings. The summed E-state index contributed by atoms with van der Waals surface area (Å²) in [6.45, 7) is 2.04. The van der Waals surface area contributed by atoms with E-state index in [2.05, 4.69) is 16.4 Å². The molecule has 0 radical (unpaired) electrons. The quantitative estimate of drug-likeness (QED) is 0.814. The van der Waals surface area contributed by atoms with Gasteiger partial charge in [-0.3, -0.25) is 4.98 Å². The van der Waals surface area contributed by atoms with Crippen LogP contribution in [-0.4, -0.2) is 9.97 Å². The molecule has 0 amide bonds. The molecule has 0 saturated carbocycles. The molecular formula is C13H13N3S. The Morgan fingerprint density at radius 2 is 2.12 bits per heavy atom. The molecule has 1 aromatic carbocycles. The second-order valence-corrected chi connectivity index (χ2v) is 4.20. The van der Waals surface area contributed by atoms with E-state index in [1.165, 1.54) is 5.56 Å². The molecule has 3 nitrogen and oxygen atoms in total. The van der Waals surface area contributed by atoms with Crippen LogP contribution in [0.25, 0.3) is 0 Å². The van der Waals surface area contributed by atoms with E-state index >= 15 is 0 Å². The molecule has 1 heterocycles. The molecule has 0 bridgehead atoms. The summed E-state index contributed by atoms with van der Waals surface area (Å²) in [5, 5.41) is 3.26. The first-order valence-electron chi connectivity index (χ1n) is 5.25. The van der Waals surface area contributed by atoms with E-state index in [0.29, 0.717) is 10.7 Å². The standard InChI is InChI=1S/C13H13N3S/c1-9-4-2-5-10(8-9)16-11-6-3-7-15-12(11)13(14)17/h2-8,16H,1H3,(H2,14,17). The zero-order valence-electron chi connectivity index (χ0n) is 9.47. The molecule has 0 atom stereocenters. The summed E-state index contributed by atoms with van der Waals surface area (Å²) < 4.78 is 0. The van der Waals surface area contributed by atoms with Crippen LogP contribution in [-0.2, 0) is 0 Å². The minimum atomic E-state index is 0.292. The van der Waals surface area contributed by atoms with E-state index in [-0.39, 0.29) is 0 Å². The molecule has 17 heavy (non-hydrogen) atoms. The number of hydrogen-bond acceptors (Lipinski definition) is 3. The van der Waals surface area contributed by atoms with Crippen molar-refractivity contribution in [2.45, 2.75) is 6.92 Å². The van der Waals surface area contributed by atoms with Gasteiger partial charge < -0.3 is 11.1 Å². The van der Waals surface area contributed by atoms with Gasteiger partial charge in [0, 0.05) is 11.9 Å². The molecule has 0 unspecified atom stereocenters. The van der Waals surface area contributed by atoms with Gasteiger partial charge in [-0.05, 0) is 36.8 Å². The van der Waals surface area contributed by atoms with Gasteiger partial charge in [0.15, 0.2) is 0 Å². The summed E-state index contributed by atoms with van der Waals surface area (Å²) in [6, 6.07) is 11.8. The highest BCUT2D eigenvalue weighted by Gasteiger charge is 2.05. The van der Waals surface area contributed by atoms with Gasteiger partial charge in [-0.1, -0.05) is 24.4 Å². The van der Waals surface area contributed by atoms with Crippen molar-refractivity contribution in [3.05, 3.63) is 53.9 Å². The fraction of sp³-hybridized carbons (Fsp3) is 0.0769. The number of nitrogens with zero attached hydrogens (tertiary/aromatic N) is 1. The van der Waals surface area contributed by atoms with E-state index in [9.17, 15) is 0 Å². The summed E-state index contributed by atoms with van der Waals surface area (Å²) in [4.78, 5) is 4.46.